The fourth-order valence-electron chi connectivity index (χ4n) is 1.54. The molecule has 1 aromatic carbocycles. The number of halogens is 3. The van der Waals surface area contributed by atoms with Gasteiger partial charge in [-0.2, -0.15) is 0 Å². The number of hydrogen-bond acceptors (Lipinski definition) is 3. The van der Waals surface area contributed by atoms with Crippen molar-refractivity contribution >= 4 is 22.3 Å². The average Bonchev–Trinajstić information content (AvgIpc) is 2.29. The van der Waals surface area contributed by atoms with Crippen molar-refractivity contribution in [3.05, 3.63) is 23.8 Å². The first-order valence-corrected chi connectivity index (χ1v) is 7.90. The number of hydrogen-bond donors (Lipinski definition) is 0. The largest absolute Gasteiger partial charge is 0.509 e. The Kier molecular flexibility index (Phi) is 5.12. The molecular formula is C12H17BF3O3S-. The summed E-state index contributed by atoms with van der Waals surface area (Å²) in [6, 6.07) is 3.17. The number of sulfone groups is 1. The summed E-state index contributed by atoms with van der Waals surface area (Å²) in [5, 5.41) is -0.498. The molecule has 0 aliphatic carbocycles. The summed E-state index contributed by atoms with van der Waals surface area (Å²) >= 11 is 0. The molecule has 0 heterocycles. The summed E-state index contributed by atoms with van der Waals surface area (Å²) in [5.74, 6) is 0.113. The maximum absolute atomic E-state index is 12.5. The molecule has 1 rings (SSSR count). The summed E-state index contributed by atoms with van der Waals surface area (Å²) in [5.41, 5.74) is -0.353. The molecule has 3 nitrogen and oxygen atoms in total. The second-order valence-corrected chi connectivity index (χ2v) is 7.54. The lowest BCUT2D eigenvalue weighted by atomic mass is 9.79. The van der Waals surface area contributed by atoms with Crippen LogP contribution in [0.1, 0.15) is 19.4 Å². The van der Waals surface area contributed by atoms with Crippen molar-refractivity contribution in [2.45, 2.75) is 26.0 Å². The smallest absolute Gasteiger partial charge is 0.492 e. The predicted molar refractivity (Wildman–Crippen MR) is 74.3 cm³/mol. The first-order chi connectivity index (χ1) is 9.04. The van der Waals surface area contributed by atoms with Crippen molar-refractivity contribution in [3.63, 3.8) is 0 Å². The van der Waals surface area contributed by atoms with E-state index in [4.69, 9.17) is 4.74 Å². The third-order valence-electron chi connectivity index (χ3n) is 2.92. The lowest BCUT2D eigenvalue weighted by Crippen LogP contribution is -2.34. The van der Waals surface area contributed by atoms with E-state index in [0.717, 1.165) is 12.1 Å². The van der Waals surface area contributed by atoms with Crippen LogP contribution < -0.4 is 10.2 Å². The molecule has 0 saturated carbocycles. The van der Waals surface area contributed by atoms with E-state index in [1.54, 1.807) is 13.8 Å². The zero-order chi connectivity index (χ0) is 15.6. The fourth-order valence-corrected chi connectivity index (χ4v) is 2.33. The minimum atomic E-state index is -5.04. The molecule has 0 aromatic heterocycles. The second-order valence-electron chi connectivity index (χ2n) is 4.86. The Labute approximate surface area is 117 Å². The molecule has 0 N–H and O–H groups in total. The van der Waals surface area contributed by atoms with Gasteiger partial charge in [0.05, 0.1) is 11.0 Å². The zero-order valence-corrected chi connectivity index (χ0v) is 12.4. The Morgan fingerprint density at radius 2 is 1.85 bits per heavy atom. The molecule has 1 aromatic rings. The van der Waals surface area contributed by atoms with Crippen LogP contribution in [0.25, 0.3) is 0 Å². The van der Waals surface area contributed by atoms with Crippen molar-refractivity contribution in [1.82, 2.24) is 0 Å². The van der Waals surface area contributed by atoms with Gasteiger partial charge in [0.1, 0.15) is 12.4 Å². The Hall–Kier alpha value is -1.18. The van der Waals surface area contributed by atoms with Crippen LogP contribution in [-0.4, -0.2) is 33.0 Å². The topological polar surface area (TPSA) is 43.4 Å². The van der Waals surface area contributed by atoms with E-state index in [2.05, 4.69) is 0 Å². The molecule has 20 heavy (non-hydrogen) atoms. The van der Waals surface area contributed by atoms with Crippen molar-refractivity contribution in [3.8, 4) is 5.75 Å². The number of aryl methyl sites for hydroxylation is 1. The SMILES string of the molecule is Cc1cc([B-](F)(F)F)ccc1OCCS(=O)(=O)C(C)C. The minimum absolute atomic E-state index is 0.0716. The standard InChI is InChI=1S/C12H17BF3O3S/c1-9(2)20(17,18)7-6-19-12-5-4-11(8-10(12)3)13(14,15)16/h4-5,8-9H,6-7H2,1-3H3/q-1. The molecule has 8 heteroatoms. The maximum Gasteiger partial charge on any atom is 0.509 e. The van der Waals surface area contributed by atoms with Crippen LogP contribution in [0.5, 0.6) is 5.75 Å². The maximum atomic E-state index is 12.5. The average molecular weight is 309 g/mol. The summed E-state index contributed by atoms with van der Waals surface area (Å²) in [7, 11) is -3.21. The van der Waals surface area contributed by atoms with Gasteiger partial charge in [-0.05, 0) is 32.4 Å². The molecule has 0 fully saturated rings. The normalized spacial score (nSPS) is 12.8. The number of benzene rings is 1. The number of ether oxygens (including phenoxy) is 1. The highest BCUT2D eigenvalue weighted by Crippen LogP contribution is 2.19. The van der Waals surface area contributed by atoms with Gasteiger partial charge in [-0.25, -0.2) is 8.42 Å². The van der Waals surface area contributed by atoms with Gasteiger partial charge in [0.2, 0.25) is 0 Å². The van der Waals surface area contributed by atoms with Gasteiger partial charge in [0, 0.05) is 0 Å². The van der Waals surface area contributed by atoms with Crippen molar-refractivity contribution in [2.75, 3.05) is 12.4 Å². The van der Waals surface area contributed by atoms with Gasteiger partial charge in [0.25, 0.3) is 0 Å². The third kappa shape index (κ3) is 4.43. The third-order valence-corrected chi connectivity index (χ3v) is 5.09. The van der Waals surface area contributed by atoms with Crippen molar-refractivity contribution < 1.29 is 26.1 Å². The Morgan fingerprint density at radius 3 is 2.30 bits per heavy atom. The summed E-state index contributed by atoms with van der Waals surface area (Å²) in [6.07, 6.45) is 0. The van der Waals surface area contributed by atoms with Crippen LogP contribution in [-0.2, 0) is 9.84 Å². The van der Waals surface area contributed by atoms with Crippen molar-refractivity contribution in [1.29, 1.82) is 0 Å². The molecule has 0 spiro atoms. The van der Waals surface area contributed by atoms with E-state index in [1.165, 1.54) is 13.0 Å². The highest BCUT2D eigenvalue weighted by Gasteiger charge is 2.25. The van der Waals surface area contributed by atoms with Crippen LogP contribution in [0.4, 0.5) is 12.9 Å². The molecule has 0 aliphatic heterocycles. The van der Waals surface area contributed by atoms with E-state index in [9.17, 15) is 21.4 Å². The van der Waals surface area contributed by atoms with Crippen LogP contribution in [0.15, 0.2) is 18.2 Å². The molecular weight excluding hydrogens is 292 g/mol. The van der Waals surface area contributed by atoms with Crippen LogP contribution in [0.2, 0.25) is 0 Å². The quantitative estimate of drug-likeness (QED) is 0.757. The highest BCUT2D eigenvalue weighted by molar-refractivity contribution is 7.91. The summed E-state index contributed by atoms with van der Waals surface area (Å²) < 4.78 is 66.0. The first kappa shape index (κ1) is 16.9. The van der Waals surface area contributed by atoms with Gasteiger partial charge >= 0.3 is 6.98 Å². The summed E-state index contributed by atoms with van der Waals surface area (Å²) in [6.45, 7) is -0.470. The Balaban J connectivity index is 2.72. The summed E-state index contributed by atoms with van der Waals surface area (Å²) in [4.78, 5) is 0. The van der Waals surface area contributed by atoms with E-state index in [-0.39, 0.29) is 18.1 Å². The lowest BCUT2D eigenvalue weighted by molar-refractivity contribution is 0.338. The van der Waals surface area contributed by atoms with Crippen LogP contribution in [0, 0.1) is 6.92 Å². The number of rotatable bonds is 6. The van der Waals surface area contributed by atoms with Crippen molar-refractivity contribution in [2.24, 2.45) is 0 Å². The van der Waals surface area contributed by atoms with Gasteiger partial charge in [0.15, 0.2) is 9.84 Å². The van der Waals surface area contributed by atoms with E-state index in [1.807, 2.05) is 0 Å². The van der Waals surface area contributed by atoms with E-state index >= 15 is 0 Å². The van der Waals surface area contributed by atoms with Gasteiger partial charge in [-0.1, -0.05) is 12.1 Å². The minimum Gasteiger partial charge on any atom is -0.492 e. The molecule has 0 atom stereocenters. The first-order valence-electron chi connectivity index (χ1n) is 6.19. The molecule has 114 valence electrons. The molecule has 0 unspecified atom stereocenters. The van der Waals surface area contributed by atoms with E-state index < -0.39 is 27.5 Å². The lowest BCUT2D eigenvalue weighted by Gasteiger charge is -2.17. The van der Waals surface area contributed by atoms with E-state index in [0.29, 0.717) is 5.56 Å². The Bertz CT molecular complexity index is 568. The zero-order valence-electron chi connectivity index (χ0n) is 11.6. The van der Waals surface area contributed by atoms with Crippen LogP contribution >= 0.6 is 0 Å². The molecule has 0 amide bonds. The van der Waals surface area contributed by atoms with Gasteiger partial charge in [-0.15, -0.1) is 5.46 Å². The van der Waals surface area contributed by atoms with Crippen LogP contribution in [0.3, 0.4) is 0 Å². The monoisotopic (exact) mass is 309 g/mol. The second kappa shape index (κ2) is 6.07. The highest BCUT2D eigenvalue weighted by atomic mass is 32.2. The molecule has 0 bridgehead atoms. The fraction of sp³-hybridized carbons (Fsp3) is 0.500. The van der Waals surface area contributed by atoms with Gasteiger partial charge in [-0.3, -0.25) is 0 Å². The Morgan fingerprint density at radius 1 is 1.25 bits per heavy atom. The predicted octanol–water partition coefficient (Wildman–Crippen LogP) is 2.25. The molecule has 0 aliphatic rings. The van der Waals surface area contributed by atoms with Gasteiger partial charge < -0.3 is 17.7 Å². The molecule has 0 saturated heterocycles. The molecule has 0 radical (unpaired) electrons.